The van der Waals surface area contributed by atoms with Crippen molar-refractivity contribution in [2.24, 2.45) is 16.7 Å². The van der Waals surface area contributed by atoms with E-state index in [9.17, 15) is 14.4 Å². The molecule has 0 saturated heterocycles. The lowest BCUT2D eigenvalue weighted by Crippen LogP contribution is -2.36. The van der Waals surface area contributed by atoms with E-state index in [1.165, 1.54) is 13.2 Å². The number of amides is 1. The highest BCUT2D eigenvalue weighted by Crippen LogP contribution is 2.68. The number of nitrogens with zero attached hydrogens (tertiary/aromatic N) is 3. The number of fused-ring (bicyclic) bond motifs is 1. The predicted octanol–water partition coefficient (Wildman–Crippen LogP) is 2.03. The monoisotopic (exact) mass is 447 g/mol. The van der Waals surface area contributed by atoms with Crippen molar-refractivity contribution in [3.63, 3.8) is 0 Å². The fourth-order valence-corrected chi connectivity index (χ4v) is 4.96. The Morgan fingerprint density at radius 2 is 1.78 bits per heavy atom. The molecule has 8 nitrogen and oxygen atoms in total. The van der Waals surface area contributed by atoms with E-state index in [4.69, 9.17) is 9.47 Å². The van der Waals surface area contributed by atoms with Gasteiger partial charge in [-0.1, -0.05) is 27.7 Å². The lowest BCUT2D eigenvalue weighted by Gasteiger charge is -2.21. The van der Waals surface area contributed by atoms with E-state index in [0.29, 0.717) is 43.9 Å². The first-order chi connectivity index (χ1) is 14.9. The van der Waals surface area contributed by atoms with Gasteiger partial charge in [0.1, 0.15) is 11.3 Å². The molecule has 0 aromatic carbocycles. The summed E-state index contributed by atoms with van der Waals surface area (Å²) in [6, 6.07) is 1.37. The number of ether oxygens (including phenoxy) is 2. The Morgan fingerprint density at radius 1 is 1.12 bits per heavy atom. The van der Waals surface area contributed by atoms with Crippen LogP contribution in [0.4, 0.5) is 0 Å². The van der Waals surface area contributed by atoms with Gasteiger partial charge in [-0.05, 0) is 31.3 Å². The highest BCUT2D eigenvalue weighted by atomic mass is 16.5. The molecule has 1 aliphatic heterocycles. The molecule has 0 unspecified atom stereocenters. The van der Waals surface area contributed by atoms with Crippen molar-refractivity contribution in [1.29, 1.82) is 0 Å². The second-order valence-electron chi connectivity index (χ2n) is 10.3. The Labute approximate surface area is 190 Å². The summed E-state index contributed by atoms with van der Waals surface area (Å²) < 4.78 is 12.5. The molecular weight excluding hydrogens is 410 g/mol. The van der Waals surface area contributed by atoms with E-state index in [2.05, 4.69) is 27.7 Å². The highest BCUT2D eigenvalue weighted by molar-refractivity contribution is 5.93. The number of esters is 1. The van der Waals surface area contributed by atoms with Crippen LogP contribution in [-0.2, 0) is 22.5 Å². The van der Waals surface area contributed by atoms with Crippen LogP contribution in [0.1, 0.15) is 50.2 Å². The van der Waals surface area contributed by atoms with Crippen LogP contribution in [0.25, 0.3) is 0 Å². The number of pyridine rings is 1. The summed E-state index contributed by atoms with van der Waals surface area (Å²) in [6.45, 7) is 11.0. The van der Waals surface area contributed by atoms with Crippen LogP contribution in [0.2, 0.25) is 0 Å². The smallest absolute Gasteiger partial charge is 0.343 e. The zero-order valence-corrected chi connectivity index (χ0v) is 20.5. The minimum Gasteiger partial charge on any atom is -0.492 e. The van der Waals surface area contributed by atoms with Crippen molar-refractivity contribution in [3.8, 4) is 5.75 Å². The summed E-state index contributed by atoms with van der Waals surface area (Å²) in [5.41, 5.74) is 0.543. The molecule has 1 aromatic rings. The molecule has 0 spiro atoms. The van der Waals surface area contributed by atoms with Crippen LogP contribution in [0.3, 0.4) is 0 Å². The maximum absolute atomic E-state index is 13.3. The van der Waals surface area contributed by atoms with E-state index >= 15 is 0 Å². The molecule has 8 heteroatoms. The standard InChI is InChI=1S/C24H37N3O5/c1-23(2)20(24(23,3)4)21(29)26-11-9-16-19(22(30)31-7)17(32-14-8-10-25(5)6)15-18(28)27(16)13-12-26/h15,20H,8-14H2,1-7H3. The number of carbonyl (C=O) groups is 2. The van der Waals surface area contributed by atoms with Gasteiger partial charge in [0.05, 0.1) is 13.7 Å². The second kappa shape index (κ2) is 8.89. The molecule has 178 valence electrons. The van der Waals surface area contributed by atoms with Gasteiger partial charge >= 0.3 is 5.97 Å². The summed E-state index contributed by atoms with van der Waals surface area (Å²) in [4.78, 5) is 42.7. The lowest BCUT2D eigenvalue weighted by molar-refractivity contribution is -0.133. The van der Waals surface area contributed by atoms with Gasteiger partial charge in [-0.15, -0.1) is 0 Å². The van der Waals surface area contributed by atoms with Gasteiger partial charge in [0.25, 0.3) is 5.56 Å². The molecule has 1 fully saturated rings. The van der Waals surface area contributed by atoms with Gasteiger partial charge in [0.2, 0.25) is 5.91 Å². The molecule has 1 amide bonds. The van der Waals surface area contributed by atoms with Crippen molar-refractivity contribution in [2.75, 3.05) is 47.4 Å². The molecule has 0 radical (unpaired) electrons. The first-order valence-corrected chi connectivity index (χ1v) is 11.3. The van der Waals surface area contributed by atoms with Crippen LogP contribution in [0.5, 0.6) is 5.75 Å². The largest absolute Gasteiger partial charge is 0.492 e. The van der Waals surface area contributed by atoms with E-state index in [1.807, 2.05) is 23.9 Å². The van der Waals surface area contributed by atoms with Gasteiger partial charge in [-0.3, -0.25) is 9.59 Å². The Bertz CT molecular complexity index is 934. The first-order valence-electron chi connectivity index (χ1n) is 11.3. The summed E-state index contributed by atoms with van der Waals surface area (Å²) in [7, 11) is 5.28. The van der Waals surface area contributed by atoms with Crippen molar-refractivity contribution in [1.82, 2.24) is 14.4 Å². The number of carbonyl (C=O) groups excluding carboxylic acids is 2. The Morgan fingerprint density at radius 3 is 2.34 bits per heavy atom. The van der Waals surface area contributed by atoms with E-state index in [0.717, 1.165) is 13.0 Å². The molecule has 2 heterocycles. The van der Waals surface area contributed by atoms with Crippen molar-refractivity contribution in [2.45, 2.75) is 47.1 Å². The van der Waals surface area contributed by atoms with Crippen molar-refractivity contribution >= 4 is 11.9 Å². The van der Waals surface area contributed by atoms with Crippen LogP contribution in [0.15, 0.2) is 10.9 Å². The summed E-state index contributed by atoms with van der Waals surface area (Å²) in [5.74, 6) is -0.180. The fourth-order valence-electron chi connectivity index (χ4n) is 4.96. The molecule has 1 aromatic heterocycles. The van der Waals surface area contributed by atoms with E-state index < -0.39 is 5.97 Å². The van der Waals surface area contributed by atoms with Gasteiger partial charge in [0.15, 0.2) is 0 Å². The van der Waals surface area contributed by atoms with Crippen LogP contribution >= 0.6 is 0 Å². The molecule has 1 aliphatic carbocycles. The molecule has 3 rings (SSSR count). The fraction of sp³-hybridized carbons (Fsp3) is 0.708. The Hall–Kier alpha value is -2.35. The number of aromatic nitrogens is 1. The number of methoxy groups -OCH3 is 1. The number of hydrogen-bond acceptors (Lipinski definition) is 6. The Kier molecular flexibility index (Phi) is 6.75. The van der Waals surface area contributed by atoms with Crippen LogP contribution < -0.4 is 10.3 Å². The SMILES string of the molecule is COC(=O)c1c(OCCCN(C)C)cc(=O)n2c1CCN(C(=O)C1C(C)(C)C1(C)C)CC2. The average molecular weight is 448 g/mol. The zero-order chi connectivity index (χ0) is 23.8. The summed E-state index contributed by atoms with van der Waals surface area (Å²) >= 11 is 0. The minimum absolute atomic E-state index is 0.0383. The molecule has 0 atom stereocenters. The van der Waals surface area contributed by atoms with Gasteiger partial charge in [0, 0.05) is 50.3 Å². The highest BCUT2D eigenvalue weighted by Gasteiger charge is 2.68. The molecular formula is C24H37N3O5. The maximum Gasteiger partial charge on any atom is 0.343 e. The number of hydrogen-bond donors (Lipinski definition) is 0. The normalized spacial score (nSPS) is 19.3. The van der Waals surface area contributed by atoms with Crippen LogP contribution in [0, 0.1) is 16.7 Å². The van der Waals surface area contributed by atoms with E-state index in [1.54, 1.807) is 4.57 Å². The summed E-state index contributed by atoms with van der Waals surface area (Å²) in [6.07, 6.45) is 1.16. The summed E-state index contributed by atoms with van der Waals surface area (Å²) in [5, 5.41) is 0. The average Bonchev–Trinajstić information content (AvgIpc) is 3.24. The Balaban J connectivity index is 1.85. The third-order valence-electron chi connectivity index (χ3n) is 7.57. The predicted molar refractivity (Wildman–Crippen MR) is 122 cm³/mol. The van der Waals surface area contributed by atoms with Gasteiger partial charge < -0.3 is 23.8 Å². The molecule has 1 saturated carbocycles. The molecule has 2 aliphatic rings. The van der Waals surface area contributed by atoms with E-state index in [-0.39, 0.29) is 34.0 Å². The topological polar surface area (TPSA) is 81.1 Å². The molecule has 0 bridgehead atoms. The third kappa shape index (κ3) is 4.29. The first kappa shape index (κ1) is 24.3. The second-order valence-corrected chi connectivity index (χ2v) is 10.3. The minimum atomic E-state index is -0.527. The van der Waals surface area contributed by atoms with Crippen LogP contribution in [-0.4, -0.2) is 73.7 Å². The quantitative estimate of drug-likeness (QED) is 0.470. The van der Waals surface area contributed by atoms with Crippen molar-refractivity contribution in [3.05, 3.63) is 27.7 Å². The third-order valence-corrected chi connectivity index (χ3v) is 7.57. The lowest BCUT2D eigenvalue weighted by atomic mass is 10.0. The van der Waals surface area contributed by atoms with Crippen molar-refractivity contribution < 1.29 is 19.1 Å². The number of rotatable bonds is 7. The molecule has 0 N–H and O–H groups in total. The maximum atomic E-state index is 13.3. The van der Waals surface area contributed by atoms with Gasteiger partial charge in [-0.25, -0.2) is 4.79 Å². The zero-order valence-electron chi connectivity index (χ0n) is 20.5. The van der Waals surface area contributed by atoms with Gasteiger partial charge in [-0.2, -0.15) is 0 Å². The molecule has 32 heavy (non-hydrogen) atoms.